The molecule has 0 bridgehead atoms. The number of hydrogen-bond donors (Lipinski definition) is 2. The largest absolute Gasteiger partial charge is 0.453 e. The van der Waals surface area contributed by atoms with Crippen molar-refractivity contribution < 1.29 is 23.0 Å². The minimum Gasteiger partial charge on any atom is -0.391 e. The van der Waals surface area contributed by atoms with Crippen LogP contribution in [0.5, 0.6) is 0 Å². The Morgan fingerprint density at radius 2 is 2.14 bits per heavy atom. The van der Waals surface area contributed by atoms with E-state index in [4.69, 9.17) is 4.74 Å². The fourth-order valence-electron chi connectivity index (χ4n) is 1.70. The van der Waals surface area contributed by atoms with Crippen LogP contribution in [-0.4, -0.2) is 51.3 Å². The Kier molecular flexibility index (Phi) is 4.58. The first kappa shape index (κ1) is 15.4. The molecule has 0 aliphatic heterocycles. The van der Waals surface area contributed by atoms with Crippen LogP contribution in [0.1, 0.15) is 12.2 Å². The third kappa shape index (κ3) is 3.79. The molecule has 21 heavy (non-hydrogen) atoms. The summed E-state index contributed by atoms with van der Waals surface area (Å²) >= 11 is 0. The van der Waals surface area contributed by atoms with Gasteiger partial charge in [0.1, 0.15) is 5.82 Å². The summed E-state index contributed by atoms with van der Waals surface area (Å²) in [6.45, 7) is 0.532. The molecular weight excluding hydrogens is 291 g/mol. The number of aliphatic hydroxyl groups is 1. The number of rotatable bonds is 6. The highest BCUT2D eigenvalue weighted by atomic mass is 19.4. The number of nitrogens with one attached hydrogen (secondary N) is 1. The molecule has 0 saturated carbocycles. The van der Waals surface area contributed by atoms with Gasteiger partial charge >= 0.3 is 6.18 Å². The molecule has 1 atom stereocenters. The molecule has 0 spiro atoms. The average Bonchev–Trinajstić information content (AvgIpc) is 2.82. The van der Waals surface area contributed by atoms with Crippen LogP contribution in [0.4, 0.5) is 19.0 Å². The summed E-state index contributed by atoms with van der Waals surface area (Å²) in [6.07, 6.45) is -4.89. The molecule has 2 aromatic heterocycles. The third-order valence-corrected chi connectivity index (χ3v) is 2.66. The zero-order valence-electron chi connectivity index (χ0n) is 11.1. The van der Waals surface area contributed by atoms with Gasteiger partial charge in [-0.05, 0) is 18.6 Å². The van der Waals surface area contributed by atoms with E-state index < -0.39 is 18.1 Å². The lowest BCUT2D eigenvalue weighted by molar-refractivity contribution is -0.146. The van der Waals surface area contributed by atoms with E-state index in [-0.39, 0.29) is 18.1 Å². The number of anilines is 1. The maximum absolute atomic E-state index is 12.7. The number of nitrogens with zero attached hydrogens (tertiary/aromatic N) is 4. The van der Waals surface area contributed by atoms with Crippen molar-refractivity contribution >= 4 is 11.5 Å². The fourth-order valence-corrected chi connectivity index (χ4v) is 1.70. The molecule has 2 N–H and O–H groups in total. The van der Waals surface area contributed by atoms with Crippen LogP contribution < -0.4 is 5.32 Å². The molecule has 0 amide bonds. The SMILES string of the molecule is COCC(O)CCNc1ccc2nnc(C(F)(F)F)n2n1. The third-order valence-electron chi connectivity index (χ3n) is 2.66. The smallest absolute Gasteiger partial charge is 0.391 e. The lowest BCUT2D eigenvalue weighted by atomic mass is 10.2. The predicted molar refractivity (Wildman–Crippen MR) is 66.8 cm³/mol. The van der Waals surface area contributed by atoms with Gasteiger partial charge in [0.15, 0.2) is 5.65 Å². The molecule has 2 aromatic rings. The van der Waals surface area contributed by atoms with Gasteiger partial charge in [-0.1, -0.05) is 0 Å². The van der Waals surface area contributed by atoms with Crippen molar-refractivity contribution in [3.8, 4) is 0 Å². The number of methoxy groups -OCH3 is 1. The summed E-state index contributed by atoms with van der Waals surface area (Å²) in [5, 5.41) is 22.6. The van der Waals surface area contributed by atoms with Gasteiger partial charge < -0.3 is 15.2 Å². The molecule has 2 rings (SSSR count). The zero-order chi connectivity index (χ0) is 15.5. The molecule has 0 aromatic carbocycles. The van der Waals surface area contributed by atoms with E-state index in [2.05, 4.69) is 20.6 Å². The van der Waals surface area contributed by atoms with E-state index in [1.165, 1.54) is 19.2 Å². The normalized spacial score (nSPS) is 13.6. The van der Waals surface area contributed by atoms with Gasteiger partial charge in [0.2, 0.25) is 0 Å². The first-order valence-electron chi connectivity index (χ1n) is 6.12. The van der Waals surface area contributed by atoms with E-state index in [0.29, 0.717) is 17.5 Å². The standard InChI is InChI=1S/C11H14F3N5O2/c1-21-6-7(20)4-5-15-8-2-3-9-16-17-10(11(12,13)14)19(9)18-8/h2-3,7,20H,4-6H2,1H3,(H,15,18). The van der Waals surface area contributed by atoms with Crippen LogP contribution in [0, 0.1) is 0 Å². The van der Waals surface area contributed by atoms with Crippen LogP contribution in [0.2, 0.25) is 0 Å². The Hall–Kier alpha value is -1.94. The number of aliphatic hydroxyl groups excluding tert-OH is 1. The van der Waals surface area contributed by atoms with Gasteiger partial charge in [-0.3, -0.25) is 0 Å². The molecule has 0 saturated heterocycles. The van der Waals surface area contributed by atoms with Gasteiger partial charge in [-0.2, -0.15) is 17.7 Å². The van der Waals surface area contributed by atoms with Crippen LogP contribution in [0.3, 0.4) is 0 Å². The Labute approximate surface area is 117 Å². The number of ether oxygens (including phenoxy) is 1. The molecule has 0 radical (unpaired) electrons. The van der Waals surface area contributed by atoms with Crippen molar-refractivity contribution in [3.05, 3.63) is 18.0 Å². The number of alkyl halides is 3. The van der Waals surface area contributed by atoms with Crippen molar-refractivity contribution in [3.63, 3.8) is 0 Å². The number of hydrogen-bond acceptors (Lipinski definition) is 6. The minimum absolute atomic E-state index is 0.00675. The fraction of sp³-hybridized carbons (Fsp3) is 0.545. The van der Waals surface area contributed by atoms with E-state index in [0.717, 1.165) is 0 Å². The molecule has 116 valence electrons. The second kappa shape index (κ2) is 6.22. The van der Waals surface area contributed by atoms with E-state index in [9.17, 15) is 18.3 Å². The first-order valence-corrected chi connectivity index (χ1v) is 6.12. The number of fused-ring (bicyclic) bond motifs is 1. The zero-order valence-corrected chi connectivity index (χ0v) is 11.1. The van der Waals surface area contributed by atoms with Crippen molar-refractivity contribution in [2.45, 2.75) is 18.7 Å². The van der Waals surface area contributed by atoms with E-state index in [1.54, 1.807) is 0 Å². The minimum atomic E-state index is -4.63. The maximum atomic E-state index is 12.7. The second-order valence-corrected chi connectivity index (χ2v) is 4.33. The highest BCUT2D eigenvalue weighted by Gasteiger charge is 2.37. The van der Waals surface area contributed by atoms with Gasteiger partial charge in [0, 0.05) is 13.7 Å². The van der Waals surface area contributed by atoms with E-state index in [1.807, 2.05) is 0 Å². The topological polar surface area (TPSA) is 84.6 Å². The summed E-state index contributed by atoms with van der Waals surface area (Å²) in [4.78, 5) is 0. The summed E-state index contributed by atoms with van der Waals surface area (Å²) in [5.41, 5.74) is 0.00675. The van der Waals surface area contributed by atoms with Crippen LogP contribution in [0.15, 0.2) is 12.1 Å². The highest BCUT2D eigenvalue weighted by molar-refractivity contribution is 5.44. The summed E-state index contributed by atoms with van der Waals surface area (Å²) in [7, 11) is 1.47. The van der Waals surface area contributed by atoms with Gasteiger partial charge in [-0.25, -0.2) is 0 Å². The van der Waals surface area contributed by atoms with Crippen LogP contribution in [0.25, 0.3) is 5.65 Å². The molecule has 0 aliphatic rings. The Morgan fingerprint density at radius 3 is 2.81 bits per heavy atom. The average molecular weight is 305 g/mol. The molecule has 1 unspecified atom stereocenters. The molecule has 10 heteroatoms. The highest BCUT2D eigenvalue weighted by Crippen LogP contribution is 2.27. The van der Waals surface area contributed by atoms with E-state index >= 15 is 0 Å². The van der Waals surface area contributed by atoms with Crippen LogP contribution >= 0.6 is 0 Å². The Bertz CT molecular complexity index is 601. The number of aromatic nitrogens is 4. The quantitative estimate of drug-likeness (QED) is 0.826. The molecule has 0 aliphatic carbocycles. The lowest BCUT2D eigenvalue weighted by Gasteiger charge is -2.10. The predicted octanol–water partition coefficient (Wildman–Crippen LogP) is 0.952. The lowest BCUT2D eigenvalue weighted by Crippen LogP contribution is -2.19. The Morgan fingerprint density at radius 1 is 1.38 bits per heavy atom. The molecule has 2 heterocycles. The molecule has 7 nitrogen and oxygen atoms in total. The monoisotopic (exact) mass is 305 g/mol. The molecule has 0 fully saturated rings. The van der Waals surface area contributed by atoms with Crippen molar-refractivity contribution in [2.75, 3.05) is 25.6 Å². The summed E-state index contributed by atoms with van der Waals surface area (Å²) < 4.78 is 43.5. The summed E-state index contributed by atoms with van der Waals surface area (Å²) in [6, 6.07) is 2.87. The van der Waals surface area contributed by atoms with Gasteiger partial charge in [0.25, 0.3) is 5.82 Å². The van der Waals surface area contributed by atoms with Crippen molar-refractivity contribution in [2.24, 2.45) is 0 Å². The number of halogens is 3. The van der Waals surface area contributed by atoms with Gasteiger partial charge in [-0.15, -0.1) is 15.3 Å². The molecular formula is C11H14F3N5O2. The first-order chi connectivity index (χ1) is 9.91. The van der Waals surface area contributed by atoms with Crippen molar-refractivity contribution in [1.82, 2.24) is 19.8 Å². The second-order valence-electron chi connectivity index (χ2n) is 4.33. The van der Waals surface area contributed by atoms with Crippen molar-refractivity contribution in [1.29, 1.82) is 0 Å². The Balaban J connectivity index is 2.08. The van der Waals surface area contributed by atoms with Gasteiger partial charge in [0.05, 0.1) is 12.7 Å². The van der Waals surface area contributed by atoms with Crippen LogP contribution in [-0.2, 0) is 10.9 Å². The summed E-state index contributed by atoms with van der Waals surface area (Å²) in [5.74, 6) is -0.946. The maximum Gasteiger partial charge on any atom is 0.453 e.